The number of fused-ring (bicyclic) bond motifs is 1. The molecule has 1 amide bonds. The lowest BCUT2D eigenvalue weighted by Gasteiger charge is -2.10. The van der Waals surface area contributed by atoms with Gasteiger partial charge in [0.25, 0.3) is 11.5 Å². The predicted octanol–water partition coefficient (Wildman–Crippen LogP) is 3.09. The van der Waals surface area contributed by atoms with Gasteiger partial charge < -0.3 is 9.88 Å². The van der Waals surface area contributed by atoms with Gasteiger partial charge in [0, 0.05) is 16.9 Å². The number of aryl methyl sites for hydroxylation is 1. The number of hydrogen-bond acceptors (Lipinski definition) is 3. The van der Waals surface area contributed by atoms with Crippen LogP contribution >= 0.6 is 15.9 Å². The summed E-state index contributed by atoms with van der Waals surface area (Å²) in [5.41, 5.74) is 0.272. The van der Waals surface area contributed by atoms with Crippen molar-refractivity contribution in [3.8, 4) is 0 Å². The Bertz CT molecular complexity index is 967. The zero-order valence-electron chi connectivity index (χ0n) is 12.0. The van der Waals surface area contributed by atoms with Crippen molar-refractivity contribution in [1.82, 2.24) is 9.55 Å². The van der Waals surface area contributed by atoms with Crippen molar-refractivity contribution in [3.05, 3.63) is 68.8 Å². The van der Waals surface area contributed by atoms with Gasteiger partial charge in [-0.1, -0.05) is 22.0 Å². The second-order valence-electron chi connectivity index (χ2n) is 4.91. The number of benzene rings is 1. The third kappa shape index (κ3) is 2.87. The molecule has 0 spiro atoms. The molecule has 0 unspecified atom stereocenters. The monoisotopic (exact) mass is 375 g/mol. The van der Waals surface area contributed by atoms with Crippen molar-refractivity contribution < 1.29 is 9.18 Å². The van der Waals surface area contributed by atoms with E-state index in [-0.39, 0.29) is 11.4 Å². The van der Waals surface area contributed by atoms with Crippen LogP contribution in [0.1, 0.15) is 10.4 Å². The number of carbonyl (C=O) groups is 1. The molecule has 7 heteroatoms. The number of nitrogens with zero attached hydrogens (tertiary/aromatic N) is 2. The van der Waals surface area contributed by atoms with Crippen molar-refractivity contribution in [1.29, 1.82) is 0 Å². The molecule has 1 N–H and O–H groups in total. The summed E-state index contributed by atoms with van der Waals surface area (Å²) < 4.78 is 15.0. The summed E-state index contributed by atoms with van der Waals surface area (Å²) in [5.74, 6) is -0.929. The van der Waals surface area contributed by atoms with E-state index in [4.69, 9.17) is 0 Å². The van der Waals surface area contributed by atoms with Crippen LogP contribution in [0.15, 0.2) is 51.9 Å². The van der Waals surface area contributed by atoms with Crippen LogP contribution in [0.2, 0.25) is 0 Å². The molecule has 2 aromatic heterocycles. The first-order valence-electron chi connectivity index (χ1n) is 6.68. The van der Waals surface area contributed by atoms with Gasteiger partial charge in [-0.05, 0) is 30.3 Å². The van der Waals surface area contributed by atoms with Crippen LogP contribution in [0.4, 0.5) is 10.2 Å². The SMILES string of the molecule is Cn1c(=O)c(C(=O)Nc2ccc(F)cn2)cc2c(Br)cccc21. The minimum atomic E-state index is -0.595. The Morgan fingerprint density at radius 2 is 2.09 bits per heavy atom. The number of nitrogens with one attached hydrogen (secondary N) is 1. The van der Waals surface area contributed by atoms with Gasteiger partial charge in [0.1, 0.15) is 17.2 Å². The van der Waals surface area contributed by atoms with E-state index in [9.17, 15) is 14.0 Å². The van der Waals surface area contributed by atoms with Crippen molar-refractivity contribution in [2.45, 2.75) is 0 Å². The lowest BCUT2D eigenvalue weighted by Crippen LogP contribution is -2.28. The van der Waals surface area contributed by atoms with Crippen molar-refractivity contribution in [3.63, 3.8) is 0 Å². The summed E-state index contributed by atoms with van der Waals surface area (Å²) in [6.45, 7) is 0. The van der Waals surface area contributed by atoms with Crippen molar-refractivity contribution >= 4 is 38.6 Å². The minimum absolute atomic E-state index is 0.0157. The maximum absolute atomic E-state index is 12.8. The summed E-state index contributed by atoms with van der Waals surface area (Å²) in [6, 6.07) is 9.47. The normalized spacial score (nSPS) is 10.7. The predicted molar refractivity (Wildman–Crippen MR) is 89.0 cm³/mol. The highest BCUT2D eigenvalue weighted by Crippen LogP contribution is 2.23. The van der Waals surface area contributed by atoms with Crippen LogP contribution in [0.3, 0.4) is 0 Å². The first kappa shape index (κ1) is 15.4. The number of halogens is 2. The molecule has 3 rings (SSSR count). The molecular weight excluding hydrogens is 365 g/mol. The Hall–Kier alpha value is -2.54. The number of anilines is 1. The van der Waals surface area contributed by atoms with Crippen molar-refractivity contribution in [2.75, 3.05) is 5.32 Å². The fourth-order valence-electron chi connectivity index (χ4n) is 2.25. The number of rotatable bonds is 2. The van der Waals surface area contributed by atoms with Gasteiger partial charge in [-0.25, -0.2) is 9.37 Å². The first-order chi connectivity index (χ1) is 11.0. The molecule has 0 saturated carbocycles. The topological polar surface area (TPSA) is 64.0 Å². The molecule has 3 aromatic rings. The van der Waals surface area contributed by atoms with E-state index in [0.29, 0.717) is 5.52 Å². The summed E-state index contributed by atoms with van der Waals surface area (Å²) >= 11 is 3.41. The highest BCUT2D eigenvalue weighted by molar-refractivity contribution is 9.10. The molecule has 2 heterocycles. The van der Waals surface area contributed by atoms with Gasteiger partial charge >= 0.3 is 0 Å². The van der Waals surface area contributed by atoms with Gasteiger partial charge in [-0.3, -0.25) is 9.59 Å². The molecule has 1 aromatic carbocycles. The summed E-state index contributed by atoms with van der Waals surface area (Å²) in [4.78, 5) is 28.5. The van der Waals surface area contributed by atoms with Gasteiger partial charge in [0.05, 0.1) is 11.7 Å². The molecule has 116 valence electrons. The Balaban J connectivity index is 2.07. The summed E-state index contributed by atoms with van der Waals surface area (Å²) in [5, 5.41) is 3.23. The Kier molecular flexibility index (Phi) is 3.96. The Labute approximate surface area is 138 Å². The summed E-state index contributed by atoms with van der Waals surface area (Å²) in [7, 11) is 1.60. The molecule has 0 aliphatic carbocycles. The molecule has 5 nitrogen and oxygen atoms in total. The molecule has 0 radical (unpaired) electrons. The Morgan fingerprint density at radius 3 is 2.78 bits per heavy atom. The second kappa shape index (κ2) is 5.92. The molecule has 23 heavy (non-hydrogen) atoms. The zero-order valence-corrected chi connectivity index (χ0v) is 13.6. The first-order valence-corrected chi connectivity index (χ1v) is 7.48. The minimum Gasteiger partial charge on any atom is -0.311 e. The molecule has 0 bridgehead atoms. The van der Waals surface area contributed by atoms with Gasteiger partial charge in [-0.2, -0.15) is 0 Å². The number of amides is 1. The quantitative estimate of drug-likeness (QED) is 0.748. The molecule has 0 saturated heterocycles. The van der Waals surface area contributed by atoms with E-state index >= 15 is 0 Å². The zero-order chi connectivity index (χ0) is 16.6. The second-order valence-corrected chi connectivity index (χ2v) is 5.76. The van der Waals surface area contributed by atoms with Crippen LogP contribution < -0.4 is 10.9 Å². The Morgan fingerprint density at radius 1 is 1.30 bits per heavy atom. The van der Waals surface area contributed by atoms with E-state index in [0.717, 1.165) is 16.1 Å². The molecule has 0 atom stereocenters. The largest absolute Gasteiger partial charge is 0.311 e. The van der Waals surface area contributed by atoms with Gasteiger partial charge in [-0.15, -0.1) is 0 Å². The lowest BCUT2D eigenvalue weighted by atomic mass is 10.1. The van der Waals surface area contributed by atoms with Crippen LogP contribution in [-0.2, 0) is 7.05 Å². The standard InChI is InChI=1S/C16H11BrFN3O2/c1-21-13-4-2-3-12(17)10(13)7-11(16(21)23)15(22)20-14-6-5-9(18)8-19-14/h2-8H,1H3,(H,19,20,22). The number of pyridine rings is 2. The smallest absolute Gasteiger partial charge is 0.263 e. The lowest BCUT2D eigenvalue weighted by molar-refractivity contribution is 0.102. The average molecular weight is 376 g/mol. The van der Waals surface area contributed by atoms with E-state index in [2.05, 4.69) is 26.2 Å². The van der Waals surface area contributed by atoms with Crippen LogP contribution in [0.5, 0.6) is 0 Å². The van der Waals surface area contributed by atoms with Crippen LogP contribution in [0.25, 0.3) is 10.9 Å². The number of carbonyl (C=O) groups excluding carboxylic acids is 1. The highest BCUT2D eigenvalue weighted by atomic mass is 79.9. The third-order valence-corrected chi connectivity index (χ3v) is 4.12. The maximum Gasteiger partial charge on any atom is 0.263 e. The highest BCUT2D eigenvalue weighted by Gasteiger charge is 2.16. The maximum atomic E-state index is 12.8. The van der Waals surface area contributed by atoms with Crippen molar-refractivity contribution in [2.24, 2.45) is 7.05 Å². The molecular formula is C16H11BrFN3O2. The fourth-order valence-corrected chi connectivity index (χ4v) is 2.72. The van der Waals surface area contributed by atoms with E-state index in [1.807, 2.05) is 12.1 Å². The summed E-state index contributed by atoms with van der Waals surface area (Å²) in [6.07, 6.45) is 0.991. The third-order valence-electron chi connectivity index (χ3n) is 3.43. The fraction of sp³-hybridized carbons (Fsp3) is 0.0625. The molecule has 0 aliphatic heterocycles. The molecule has 0 aliphatic rings. The van der Waals surface area contributed by atoms with E-state index in [1.54, 1.807) is 13.1 Å². The van der Waals surface area contributed by atoms with E-state index in [1.165, 1.54) is 22.8 Å². The number of hydrogen-bond donors (Lipinski definition) is 1. The average Bonchev–Trinajstić information content (AvgIpc) is 2.53. The van der Waals surface area contributed by atoms with Crippen LogP contribution in [0, 0.1) is 5.82 Å². The molecule has 0 fully saturated rings. The number of aromatic nitrogens is 2. The van der Waals surface area contributed by atoms with Crippen LogP contribution in [-0.4, -0.2) is 15.5 Å². The van der Waals surface area contributed by atoms with E-state index < -0.39 is 17.3 Å². The van der Waals surface area contributed by atoms with Gasteiger partial charge in [0.15, 0.2) is 0 Å². The van der Waals surface area contributed by atoms with Gasteiger partial charge in [0.2, 0.25) is 0 Å².